The minimum Gasteiger partial charge on any atom is -0.487 e. The molecule has 2 aromatic carbocycles. The third-order valence-electron chi connectivity index (χ3n) is 3.77. The van der Waals surface area contributed by atoms with E-state index >= 15 is 0 Å². The van der Waals surface area contributed by atoms with Crippen molar-refractivity contribution < 1.29 is 28.2 Å². The van der Waals surface area contributed by atoms with Gasteiger partial charge in [-0.05, 0) is 30.2 Å². The Morgan fingerprint density at radius 1 is 1.07 bits per heavy atom. The zero-order valence-corrected chi connectivity index (χ0v) is 15.3. The number of aliphatic hydroxyl groups is 1. The molecule has 2 aromatic rings. The predicted molar refractivity (Wildman–Crippen MR) is 97.0 cm³/mol. The van der Waals surface area contributed by atoms with Crippen molar-refractivity contribution in [1.29, 1.82) is 0 Å². The van der Waals surface area contributed by atoms with E-state index in [2.05, 4.69) is 0 Å². The molecule has 0 aliphatic carbocycles. The van der Waals surface area contributed by atoms with E-state index in [1.165, 1.54) is 24.3 Å². The lowest BCUT2D eigenvalue weighted by Crippen LogP contribution is -2.28. The lowest BCUT2D eigenvalue weighted by Gasteiger charge is -2.24. The van der Waals surface area contributed by atoms with E-state index in [-0.39, 0.29) is 18.8 Å². The summed E-state index contributed by atoms with van der Waals surface area (Å²) in [5.74, 6) is -3.63. The molecule has 2 atom stereocenters. The standard InChI is InChI=1S/C20H19ClF2O4/c1-2-26-20(25)16(17(24)14-8-10-15(21)11-9-14)18(19(22)23)27-12-13-6-4-3-5-7-13/h3-11,16-17,24H,2,12H2,1H3/t16-,17-/m1/s1. The van der Waals surface area contributed by atoms with Crippen LogP contribution in [-0.2, 0) is 20.9 Å². The maximum Gasteiger partial charge on any atom is 0.319 e. The monoisotopic (exact) mass is 396 g/mol. The van der Waals surface area contributed by atoms with Crippen LogP contribution < -0.4 is 0 Å². The third kappa shape index (κ3) is 5.77. The molecule has 27 heavy (non-hydrogen) atoms. The van der Waals surface area contributed by atoms with Gasteiger partial charge in [-0.3, -0.25) is 4.79 Å². The molecule has 0 radical (unpaired) electrons. The summed E-state index contributed by atoms with van der Waals surface area (Å²) < 4.78 is 37.3. The van der Waals surface area contributed by atoms with Crippen LogP contribution in [0.25, 0.3) is 0 Å². The molecule has 0 amide bonds. The quantitative estimate of drug-likeness (QED) is 0.510. The Morgan fingerprint density at radius 2 is 1.70 bits per heavy atom. The number of aliphatic hydroxyl groups excluding tert-OH is 1. The van der Waals surface area contributed by atoms with Gasteiger partial charge in [-0.2, -0.15) is 8.78 Å². The summed E-state index contributed by atoms with van der Waals surface area (Å²) >= 11 is 5.81. The molecule has 0 aromatic heterocycles. The first kappa shape index (κ1) is 20.9. The molecule has 0 saturated heterocycles. The summed E-state index contributed by atoms with van der Waals surface area (Å²) in [7, 11) is 0. The fraction of sp³-hybridized carbons (Fsp3) is 0.250. The number of hydrogen-bond acceptors (Lipinski definition) is 4. The van der Waals surface area contributed by atoms with Crippen LogP contribution >= 0.6 is 11.6 Å². The van der Waals surface area contributed by atoms with Crippen LogP contribution in [0.15, 0.2) is 66.4 Å². The molecule has 0 spiro atoms. The average molecular weight is 397 g/mol. The Hall–Kier alpha value is -2.44. The highest BCUT2D eigenvalue weighted by atomic mass is 35.5. The molecule has 0 aliphatic heterocycles. The van der Waals surface area contributed by atoms with Crippen molar-refractivity contribution >= 4 is 17.6 Å². The minimum atomic E-state index is -2.20. The number of rotatable bonds is 8. The molecule has 0 bridgehead atoms. The number of hydrogen-bond donors (Lipinski definition) is 1. The van der Waals surface area contributed by atoms with E-state index in [1.54, 1.807) is 37.3 Å². The molecule has 2 rings (SSSR count). The van der Waals surface area contributed by atoms with Gasteiger partial charge >= 0.3 is 12.0 Å². The zero-order chi connectivity index (χ0) is 19.8. The number of halogens is 3. The second kappa shape index (κ2) is 10.0. The van der Waals surface area contributed by atoms with Crippen molar-refractivity contribution in [3.8, 4) is 0 Å². The predicted octanol–water partition coefficient (Wildman–Crippen LogP) is 4.88. The molecule has 4 nitrogen and oxygen atoms in total. The largest absolute Gasteiger partial charge is 0.487 e. The normalized spacial score (nSPS) is 12.8. The van der Waals surface area contributed by atoms with E-state index in [0.717, 1.165) is 0 Å². The Kier molecular flexibility index (Phi) is 7.76. The van der Waals surface area contributed by atoms with E-state index in [0.29, 0.717) is 10.6 Å². The van der Waals surface area contributed by atoms with Gasteiger partial charge in [0.25, 0.3) is 0 Å². The maximum atomic E-state index is 13.6. The molecule has 0 fully saturated rings. The van der Waals surface area contributed by atoms with Crippen molar-refractivity contribution in [3.05, 3.63) is 82.6 Å². The van der Waals surface area contributed by atoms with Crippen molar-refractivity contribution in [2.24, 2.45) is 5.92 Å². The smallest absolute Gasteiger partial charge is 0.319 e. The second-order valence-corrected chi connectivity index (χ2v) is 6.06. The van der Waals surface area contributed by atoms with Crippen LogP contribution in [0.5, 0.6) is 0 Å². The number of esters is 1. The second-order valence-electron chi connectivity index (χ2n) is 5.63. The summed E-state index contributed by atoms with van der Waals surface area (Å²) in [5, 5.41) is 11.0. The third-order valence-corrected chi connectivity index (χ3v) is 4.03. The van der Waals surface area contributed by atoms with E-state index < -0.39 is 29.8 Å². The maximum absolute atomic E-state index is 13.6. The minimum absolute atomic E-state index is 0.0253. The highest BCUT2D eigenvalue weighted by Gasteiger charge is 2.37. The fourth-order valence-corrected chi connectivity index (χ4v) is 2.59. The van der Waals surface area contributed by atoms with Crippen LogP contribution in [0.1, 0.15) is 24.2 Å². The van der Waals surface area contributed by atoms with Crippen LogP contribution in [0.4, 0.5) is 8.78 Å². The van der Waals surface area contributed by atoms with Gasteiger partial charge in [0.2, 0.25) is 0 Å². The summed E-state index contributed by atoms with van der Waals surface area (Å²) in [4.78, 5) is 12.3. The molecule has 7 heteroatoms. The molecule has 0 unspecified atom stereocenters. The first-order valence-corrected chi connectivity index (χ1v) is 8.63. The van der Waals surface area contributed by atoms with Crippen molar-refractivity contribution in [2.45, 2.75) is 19.6 Å². The summed E-state index contributed by atoms with van der Waals surface area (Å²) in [6.45, 7) is 1.34. The van der Waals surface area contributed by atoms with Gasteiger partial charge in [-0.25, -0.2) is 0 Å². The number of benzene rings is 2. The van der Waals surface area contributed by atoms with Crippen molar-refractivity contribution in [3.63, 3.8) is 0 Å². The van der Waals surface area contributed by atoms with Crippen LogP contribution in [0, 0.1) is 5.92 Å². The highest BCUT2D eigenvalue weighted by Crippen LogP contribution is 2.33. The van der Waals surface area contributed by atoms with Crippen molar-refractivity contribution in [2.75, 3.05) is 6.61 Å². The van der Waals surface area contributed by atoms with Gasteiger partial charge in [-0.15, -0.1) is 0 Å². The van der Waals surface area contributed by atoms with Crippen molar-refractivity contribution in [1.82, 2.24) is 0 Å². The van der Waals surface area contributed by atoms with Gasteiger partial charge in [0.15, 0.2) is 5.76 Å². The van der Waals surface area contributed by atoms with Crippen LogP contribution in [0.3, 0.4) is 0 Å². The van der Waals surface area contributed by atoms with Gasteiger partial charge in [0.05, 0.1) is 12.7 Å². The van der Waals surface area contributed by atoms with Gasteiger partial charge in [0, 0.05) is 5.02 Å². The van der Waals surface area contributed by atoms with Crippen LogP contribution in [0.2, 0.25) is 5.02 Å². The van der Waals surface area contributed by atoms with E-state index in [1.807, 2.05) is 0 Å². The average Bonchev–Trinajstić information content (AvgIpc) is 2.66. The van der Waals surface area contributed by atoms with Crippen LogP contribution in [-0.4, -0.2) is 17.7 Å². The number of carbonyl (C=O) groups is 1. The SMILES string of the molecule is CCOC(=O)[C@@H](C(OCc1ccccc1)=C(F)F)[C@H](O)c1ccc(Cl)cc1. The van der Waals surface area contributed by atoms with Gasteiger partial charge < -0.3 is 14.6 Å². The van der Waals surface area contributed by atoms with Gasteiger partial charge in [0.1, 0.15) is 12.5 Å². The first-order chi connectivity index (χ1) is 12.9. The lowest BCUT2D eigenvalue weighted by atomic mass is 9.94. The molecule has 144 valence electrons. The summed E-state index contributed by atoms with van der Waals surface area (Å²) in [6, 6.07) is 14.5. The topological polar surface area (TPSA) is 55.8 Å². The highest BCUT2D eigenvalue weighted by molar-refractivity contribution is 6.30. The zero-order valence-electron chi connectivity index (χ0n) is 14.6. The molecule has 0 saturated carbocycles. The lowest BCUT2D eigenvalue weighted by molar-refractivity contribution is -0.152. The fourth-order valence-electron chi connectivity index (χ4n) is 2.46. The Bertz CT molecular complexity index is 774. The Balaban J connectivity index is 2.32. The molecule has 0 heterocycles. The number of carbonyl (C=O) groups excluding carboxylic acids is 1. The van der Waals surface area contributed by atoms with E-state index in [4.69, 9.17) is 21.1 Å². The molecular weight excluding hydrogens is 378 g/mol. The van der Waals surface area contributed by atoms with E-state index in [9.17, 15) is 18.7 Å². The Morgan fingerprint density at radius 3 is 2.26 bits per heavy atom. The number of ether oxygens (including phenoxy) is 2. The summed E-state index contributed by atoms with van der Waals surface area (Å²) in [5.41, 5.74) is 0.874. The van der Waals surface area contributed by atoms with Gasteiger partial charge in [-0.1, -0.05) is 54.1 Å². The molecular formula is C20H19ClF2O4. The first-order valence-electron chi connectivity index (χ1n) is 8.26. The molecule has 0 aliphatic rings. The Labute approximate surface area is 161 Å². The molecule has 1 N–H and O–H groups in total. The summed E-state index contributed by atoms with van der Waals surface area (Å²) in [6.07, 6.45) is -3.79.